The molecule has 0 saturated heterocycles. The predicted octanol–water partition coefficient (Wildman–Crippen LogP) is 2.26. The second-order valence-electron chi connectivity index (χ2n) is 4.89. The van der Waals surface area contributed by atoms with Crippen LogP contribution < -0.4 is 5.32 Å². The van der Waals surface area contributed by atoms with Crippen molar-refractivity contribution < 1.29 is 10.2 Å². The molecule has 2 aromatic carbocycles. The molecule has 4 heteroatoms. The van der Waals surface area contributed by atoms with Crippen molar-refractivity contribution in [1.29, 1.82) is 5.26 Å². The van der Waals surface area contributed by atoms with E-state index < -0.39 is 5.54 Å². The van der Waals surface area contributed by atoms with Crippen LogP contribution in [0, 0.1) is 11.3 Å². The average molecular weight is 270 g/mol. The van der Waals surface area contributed by atoms with E-state index in [2.05, 4.69) is 11.4 Å². The molecule has 104 valence electrons. The summed E-state index contributed by atoms with van der Waals surface area (Å²) < 4.78 is 0. The van der Waals surface area contributed by atoms with E-state index in [9.17, 15) is 10.2 Å². The standard InChI is InChI=1S/C16H18N2O2/c1-2-16(10-19,11-20)18-15-8-7-12(9-17)13-5-3-4-6-14(13)15/h3-8,18-20H,2,10-11H2,1H3. The first kappa shape index (κ1) is 14.3. The van der Waals surface area contributed by atoms with Crippen molar-refractivity contribution in [3.63, 3.8) is 0 Å². The van der Waals surface area contributed by atoms with E-state index in [1.165, 1.54) is 0 Å². The predicted molar refractivity (Wildman–Crippen MR) is 79.5 cm³/mol. The zero-order valence-electron chi connectivity index (χ0n) is 11.4. The molecule has 0 aliphatic heterocycles. The van der Waals surface area contributed by atoms with Gasteiger partial charge in [0.25, 0.3) is 0 Å². The highest BCUT2D eigenvalue weighted by Crippen LogP contribution is 2.29. The summed E-state index contributed by atoms with van der Waals surface area (Å²) in [5.74, 6) is 0. The van der Waals surface area contributed by atoms with Gasteiger partial charge in [-0.2, -0.15) is 5.26 Å². The number of nitrogens with one attached hydrogen (secondary N) is 1. The lowest BCUT2D eigenvalue weighted by molar-refractivity contribution is 0.132. The SMILES string of the molecule is CCC(CO)(CO)Nc1ccc(C#N)c2ccccc12. The normalized spacial score (nSPS) is 11.3. The van der Waals surface area contributed by atoms with Gasteiger partial charge in [-0.3, -0.25) is 0 Å². The third kappa shape index (κ3) is 2.46. The third-order valence-corrected chi connectivity index (χ3v) is 3.73. The van der Waals surface area contributed by atoms with Crippen LogP contribution in [0.1, 0.15) is 18.9 Å². The van der Waals surface area contributed by atoms with E-state index in [1.807, 2.05) is 37.3 Å². The number of anilines is 1. The number of nitriles is 1. The van der Waals surface area contributed by atoms with Gasteiger partial charge in [-0.1, -0.05) is 31.2 Å². The first-order chi connectivity index (χ1) is 9.69. The minimum atomic E-state index is -0.753. The molecule has 3 N–H and O–H groups in total. The largest absolute Gasteiger partial charge is 0.394 e. The summed E-state index contributed by atoms with van der Waals surface area (Å²) in [5.41, 5.74) is 0.669. The van der Waals surface area contributed by atoms with E-state index in [0.717, 1.165) is 16.5 Å². The summed E-state index contributed by atoms with van der Waals surface area (Å²) in [6.45, 7) is 1.59. The molecular weight excluding hydrogens is 252 g/mol. The molecule has 0 unspecified atom stereocenters. The Hall–Kier alpha value is -2.09. The van der Waals surface area contributed by atoms with Gasteiger partial charge >= 0.3 is 0 Å². The second-order valence-corrected chi connectivity index (χ2v) is 4.89. The van der Waals surface area contributed by atoms with E-state index in [0.29, 0.717) is 12.0 Å². The van der Waals surface area contributed by atoms with Crippen LogP contribution in [-0.2, 0) is 0 Å². The highest BCUT2D eigenvalue weighted by atomic mass is 16.3. The van der Waals surface area contributed by atoms with Crippen LogP contribution >= 0.6 is 0 Å². The van der Waals surface area contributed by atoms with E-state index >= 15 is 0 Å². The summed E-state index contributed by atoms with van der Waals surface area (Å²) in [6, 6.07) is 13.3. The molecule has 0 spiro atoms. The Morgan fingerprint density at radius 2 is 1.75 bits per heavy atom. The van der Waals surface area contributed by atoms with Gasteiger partial charge in [0.2, 0.25) is 0 Å². The fraction of sp³-hybridized carbons (Fsp3) is 0.312. The topological polar surface area (TPSA) is 76.3 Å². The number of rotatable bonds is 5. The van der Waals surface area contributed by atoms with E-state index in [-0.39, 0.29) is 13.2 Å². The average Bonchev–Trinajstić information content (AvgIpc) is 2.53. The molecule has 20 heavy (non-hydrogen) atoms. The smallest absolute Gasteiger partial charge is 0.0998 e. The van der Waals surface area contributed by atoms with Crippen molar-refractivity contribution in [2.45, 2.75) is 18.9 Å². The zero-order valence-corrected chi connectivity index (χ0v) is 11.4. The monoisotopic (exact) mass is 270 g/mol. The van der Waals surface area contributed by atoms with Crippen molar-refractivity contribution in [2.75, 3.05) is 18.5 Å². The third-order valence-electron chi connectivity index (χ3n) is 3.73. The molecule has 0 bridgehead atoms. The van der Waals surface area contributed by atoms with Crippen LogP contribution in [0.3, 0.4) is 0 Å². The molecule has 2 aromatic rings. The number of aliphatic hydroxyl groups excluding tert-OH is 2. The first-order valence-corrected chi connectivity index (χ1v) is 6.61. The number of fused-ring (bicyclic) bond motifs is 1. The summed E-state index contributed by atoms with van der Waals surface area (Å²) in [4.78, 5) is 0. The Kier molecular flexibility index (Phi) is 4.23. The molecule has 0 aliphatic rings. The van der Waals surface area contributed by atoms with Crippen LogP contribution in [0.25, 0.3) is 10.8 Å². The maximum atomic E-state index is 9.54. The van der Waals surface area contributed by atoms with Crippen LogP contribution in [0.4, 0.5) is 5.69 Å². The molecule has 4 nitrogen and oxygen atoms in total. The molecule has 0 aliphatic carbocycles. The van der Waals surface area contributed by atoms with Crippen LogP contribution in [0.2, 0.25) is 0 Å². The lowest BCUT2D eigenvalue weighted by Crippen LogP contribution is -2.45. The Labute approximate surface area is 118 Å². The lowest BCUT2D eigenvalue weighted by atomic mass is 9.96. The van der Waals surface area contributed by atoms with Crippen molar-refractivity contribution in [1.82, 2.24) is 0 Å². The van der Waals surface area contributed by atoms with Crippen molar-refractivity contribution >= 4 is 16.5 Å². The van der Waals surface area contributed by atoms with Gasteiger partial charge in [-0.15, -0.1) is 0 Å². The molecule has 0 fully saturated rings. The number of nitrogens with zero attached hydrogens (tertiary/aromatic N) is 1. The number of hydrogen-bond donors (Lipinski definition) is 3. The van der Waals surface area contributed by atoms with Gasteiger partial charge in [0, 0.05) is 16.5 Å². The zero-order chi connectivity index (χ0) is 14.6. The number of hydrogen-bond acceptors (Lipinski definition) is 4. The van der Waals surface area contributed by atoms with Gasteiger partial charge < -0.3 is 15.5 Å². The van der Waals surface area contributed by atoms with Crippen LogP contribution in [0.5, 0.6) is 0 Å². The number of aliphatic hydroxyl groups is 2. The molecule has 0 radical (unpaired) electrons. The Balaban J connectivity index is 2.54. The summed E-state index contributed by atoms with van der Waals surface area (Å²) in [7, 11) is 0. The van der Waals surface area contributed by atoms with Crippen molar-refractivity contribution in [2.24, 2.45) is 0 Å². The first-order valence-electron chi connectivity index (χ1n) is 6.61. The number of benzene rings is 2. The lowest BCUT2D eigenvalue weighted by Gasteiger charge is -2.31. The van der Waals surface area contributed by atoms with Crippen molar-refractivity contribution in [3.8, 4) is 6.07 Å². The second kappa shape index (κ2) is 5.91. The minimum absolute atomic E-state index is 0.158. The Morgan fingerprint density at radius 1 is 1.10 bits per heavy atom. The molecule has 0 atom stereocenters. The quantitative estimate of drug-likeness (QED) is 0.779. The Morgan fingerprint density at radius 3 is 2.30 bits per heavy atom. The van der Waals surface area contributed by atoms with Gasteiger partial charge in [0.15, 0.2) is 0 Å². The fourth-order valence-electron chi connectivity index (χ4n) is 2.23. The molecule has 0 saturated carbocycles. The highest BCUT2D eigenvalue weighted by Gasteiger charge is 2.26. The Bertz CT molecular complexity index is 634. The maximum Gasteiger partial charge on any atom is 0.0998 e. The van der Waals surface area contributed by atoms with Crippen LogP contribution in [-0.4, -0.2) is 29.0 Å². The van der Waals surface area contributed by atoms with Crippen molar-refractivity contribution in [3.05, 3.63) is 42.0 Å². The maximum absolute atomic E-state index is 9.54. The summed E-state index contributed by atoms with van der Waals surface area (Å²) in [6.07, 6.45) is 0.592. The molecular formula is C16H18N2O2. The van der Waals surface area contributed by atoms with Crippen LogP contribution in [0.15, 0.2) is 36.4 Å². The van der Waals surface area contributed by atoms with Gasteiger partial charge in [0.05, 0.1) is 30.4 Å². The van der Waals surface area contributed by atoms with E-state index in [1.54, 1.807) is 6.07 Å². The van der Waals surface area contributed by atoms with Gasteiger partial charge in [-0.05, 0) is 18.6 Å². The molecule has 0 aromatic heterocycles. The highest BCUT2D eigenvalue weighted by molar-refractivity contribution is 5.97. The molecule has 2 rings (SSSR count). The van der Waals surface area contributed by atoms with Gasteiger partial charge in [0.1, 0.15) is 0 Å². The van der Waals surface area contributed by atoms with E-state index in [4.69, 9.17) is 5.26 Å². The summed E-state index contributed by atoms with van der Waals surface area (Å²) in [5, 5.41) is 33.2. The fourth-order valence-corrected chi connectivity index (χ4v) is 2.23. The van der Waals surface area contributed by atoms with Gasteiger partial charge in [-0.25, -0.2) is 0 Å². The molecule has 0 amide bonds. The summed E-state index contributed by atoms with van der Waals surface area (Å²) >= 11 is 0. The molecule has 0 heterocycles. The minimum Gasteiger partial charge on any atom is -0.394 e.